The van der Waals surface area contributed by atoms with Gasteiger partial charge >= 0.3 is 7.12 Å². The highest BCUT2D eigenvalue weighted by Gasteiger charge is 2.53. The Labute approximate surface area is 237 Å². The fourth-order valence-electron chi connectivity index (χ4n) is 6.33. The van der Waals surface area contributed by atoms with Crippen LogP contribution in [0.3, 0.4) is 0 Å². The maximum absolute atomic E-state index is 6.51. The maximum Gasteiger partial charge on any atom is 0.494 e. The lowest BCUT2D eigenvalue weighted by Gasteiger charge is -2.34. The summed E-state index contributed by atoms with van der Waals surface area (Å²) in [5.74, 6) is 0. The van der Waals surface area contributed by atoms with Crippen LogP contribution < -0.4 is 5.46 Å². The van der Waals surface area contributed by atoms with Crippen molar-refractivity contribution in [2.75, 3.05) is 0 Å². The molecular weight excluding hydrogens is 489 g/mol. The summed E-state index contributed by atoms with van der Waals surface area (Å²) in [5, 5.41) is 0. The summed E-state index contributed by atoms with van der Waals surface area (Å²) in [6, 6.07) is 41.3. The Kier molecular flexibility index (Phi) is 5.64. The minimum atomic E-state index is -0.516. The van der Waals surface area contributed by atoms with Gasteiger partial charge in [0.05, 0.1) is 22.3 Å². The van der Waals surface area contributed by atoms with Crippen molar-refractivity contribution < 1.29 is 9.31 Å². The summed E-state index contributed by atoms with van der Waals surface area (Å²) in [4.78, 5) is 4.68. The van der Waals surface area contributed by atoms with E-state index in [9.17, 15) is 0 Å². The number of benzene rings is 4. The van der Waals surface area contributed by atoms with Crippen molar-refractivity contribution in [1.29, 1.82) is 0 Å². The third-order valence-corrected chi connectivity index (χ3v) is 9.06. The van der Waals surface area contributed by atoms with Crippen LogP contribution in [0.25, 0.3) is 22.4 Å². The van der Waals surface area contributed by atoms with Gasteiger partial charge in [-0.25, -0.2) is 0 Å². The van der Waals surface area contributed by atoms with E-state index in [4.69, 9.17) is 9.31 Å². The van der Waals surface area contributed by atoms with Crippen LogP contribution in [0.1, 0.15) is 49.9 Å². The second-order valence-corrected chi connectivity index (χ2v) is 11.9. The quantitative estimate of drug-likeness (QED) is 0.227. The summed E-state index contributed by atoms with van der Waals surface area (Å²) in [6.45, 7) is 8.42. The van der Waals surface area contributed by atoms with Crippen molar-refractivity contribution in [1.82, 2.24) is 4.98 Å². The van der Waals surface area contributed by atoms with E-state index in [0.29, 0.717) is 0 Å². The Morgan fingerprint density at radius 2 is 1.12 bits per heavy atom. The number of nitrogens with zero attached hydrogens (tertiary/aromatic N) is 1. The number of rotatable bonds is 4. The van der Waals surface area contributed by atoms with E-state index in [1.807, 2.05) is 18.3 Å². The number of aromatic nitrogens is 1. The smallest absolute Gasteiger partial charge is 0.399 e. The molecule has 0 radical (unpaired) electrons. The number of hydrogen-bond acceptors (Lipinski definition) is 3. The van der Waals surface area contributed by atoms with Gasteiger partial charge in [-0.3, -0.25) is 4.98 Å². The summed E-state index contributed by atoms with van der Waals surface area (Å²) >= 11 is 0. The van der Waals surface area contributed by atoms with Gasteiger partial charge in [0.25, 0.3) is 0 Å². The molecule has 2 heterocycles. The molecule has 4 aromatic carbocycles. The summed E-state index contributed by atoms with van der Waals surface area (Å²) in [5.41, 5.74) is 9.20. The minimum absolute atomic E-state index is 0.410. The second kappa shape index (κ2) is 9.02. The van der Waals surface area contributed by atoms with Gasteiger partial charge in [0, 0.05) is 11.8 Å². The molecule has 0 N–H and O–H groups in total. The molecule has 7 rings (SSSR count). The molecule has 2 aliphatic rings. The Morgan fingerprint density at radius 1 is 0.575 bits per heavy atom. The van der Waals surface area contributed by atoms with Crippen LogP contribution >= 0.6 is 0 Å². The van der Waals surface area contributed by atoms with Crippen molar-refractivity contribution >= 4 is 12.6 Å². The molecular formula is C36H32BNO2. The molecule has 0 spiro atoms. The van der Waals surface area contributed by atoms with Gasteiger partial charge in [0.1, 0.15) is 0 Å². The number of hydrogen-bond donors (Lipinski definition) is 0. The molecule has 1 aromatic heterocycles. The van der Waals surface area contributed by atoms with Gasteiger partial charge in [-0.1, -0.05) is 97.1 Å². The van der Waals surface area contributed by atoms with Crippen LogP contribution in [0.4, 0.5) is 0 Å². The first-order valence-electron chi connectivity index (χ1n) is 14.0. The molecule has 1 fully saturated rings. The molecule has 5 aromatic rings. The topological polar surface area (TPSA) is 31.4 Å². The Morgan fingerprint density at radius 3 is 1.70 bits per heavy atom. The number of fused-ring (bicyclic) bond motifs is 3. The zero-order valence-corrected chi connectivity index (χ0v) is 23.4. The lowest BCUT2D eigenvalue weighted by molar-refractivity contribution is 0.00578. The molecule has 0 amide bonds. The van der Waals surface area contributed by atoms with Crippen LogP contribution in [0.5, 0.6) is 0 Å². The first kappa shape index (κ1) is 25.0. The molecule has 40 heavy (non-hydrogen) atoms. The second-order valence-electron chi connectivity index (χ2n) is 11.9. The SMILES string of the molecule is CC1(C)OB(c2ccc3c(c2)C(c2ccccc2)(c2ccccc2)c2cc(-c4ccccn4)ccc2-3)OC1(C)C. The molecule has 0 saturated carbocycles. The van der Waals surface area contributed by atoms with Crippen molar-refractivity contribution in [2.45, 2.75) is 44.3 Å². The molecule has 1 aliphatic carbocycles. The standard InChI is InChI=1S/C36H32BNO2/c1-34(2)35(3,4)40-37(39-34)28-19-21-30-29-20-18-25(33-17-11-12-22-38-33)23-31(29)36(32(30)24-28,26-13-7-5-8-14-26)27-15-9-6-10-16-27/h5-24H,1-4H3. The van der Waals surface area contributed by atoms with Crippen molar-refractivity contribution in [3.8, 4) is 22.4 Å². The molecule has 0 unspecified atom stereocenters. The summed E-state index contributed by atoms with van der Waals surface area (Å²) in [6.07, 6.45) is 1.86. The maximum atomic E-state index is 6.51. The predicted octanol–water partition coefficient (Wildman–Crippen LogP) is 7.41. The first-order valence-corrected chi connectivity index (χ1v) is 14.0. The lowest BCUT2D eigenvalue weighted by Crippen LogP contribution is -2.41. The van der Waals surface area contributed by atoms with Gasteiger partial charge in [0.2, 0.25) is 0 Å². The van der Waals surface area contributed by atoms with Gasteiger partial charge in [-0.2, -0.15) is 0 Å². The Balaban J connectivity index is 1.52. The van der Waals surface area contributed by atoms with Crippen LogP contribution in [0, 0.1) is 0 Å². The minimum Gasteiger partial charge on any atom is -0.399 e. The molecule has 196 valence electrons. The zero-order valence-electron chi connectivity index (χ0n) is 23.4. The molecule has 1 aliphatic heterocycles. The summed E-state index contributed by atoms with van der Waals surface area (Å²) in [7, 11) is -0.438. The first-order chi connectivity index (χ1) is 19.3. The Hall–Kier alpha value is -3.99. The fourth-order valence-corrected chi connectivity index (χ4v) is 6.33. The normalized spacial score (nSPS) is 17.9. The number of pyridine rings is 1. The highest BCUT2D eigenvalue weighted by Crippen LogP contribution is 2.56. The zero-order chi connectivity index (χ0) is 27.5. The van der Waals surface area contributed by atoms with E-state index >= 15 is 0 Å². The van der Waals surface area contributed by atoms with Crippen LogP contribution in [0.15, 0.2) is 121 Å². The van der Waals surface area contributed by atoms with Crippen LogP contribution in [0.2, 0.25) is 0 Å². The molecule has 3 nitrogen and oxygen atoms in total. The average molecular weight is 521 g/mol. The van der Waals surface area contributed by atoms with Crippen molar-refractivity contribution in [3.63, 3.8) is 0 Å². The largest absolute Gasteiger partial charge is 0.494 e. The van der Waals surface area contributed by atoms with Gasteiger partial charge in [-0.15, -0.1) is 0 Å². The van der Waals surface area contributed by atoms with E-state index in [1.165, 1.54) is 33.4 Å². The third kappa shape index (κ3) is 3.63. The monoisotopic (exact) mass is 521 g/mol. The highest BCUT2D eigenvalue weighted by molar-refractivity contribution is 6.62. The van der Waals surface area contributed by atoms with Gasteiger partial charge in [0.15, 0.2) is 0 Å². The van der Waals surface area contributed by atoms with Gasteiger partial charge < -0.3 is 9.31 Å². The van der Waals surface area contributed by atoms with E-state index < -0.39 is 23.7 Å². The molecule has 0 bridgehead atoms. The highest BCUT2D eigenvalue weighted by atomic mass is 16.7. The molecule has 1 saturated heterocycles. The van der Waals surface area contributed by atoms with Gasteiger partial charge in [-0.05, 0) is 84.7 Å². The Bertz CT molecular complexity index is 1640. The van der Waals surface area contributed by atoms with E-state index in [1.54, 1.807) is 0 Å². The fraction of sp³-hybridized carbons (Fsp3) is 0.194. The van der Waals surface area contributed by atoms with E-state index in [-0.39, 0.29) is 0 Å². The van der Waals surface area contributed by atoms with Crippen molar-refractivity contribution in [3.05, 3.63) is 144 Å². The van der Waals surface area contributed by atoms with Crippen molar-refractivity contribution in [2.24, 2.45) is 0 Å². The lowest BCUT2D eigenvalue weighted by atomic mass is 9.66. The molecule has 4 heteroatoms. The van der Waals surface area contributed by atoms with Crippen LogP contribution in [-0.4, -0.2) is 23.3 Å². The molecule has 0 atom stereocenters. The average Bonchev–Trinajstić information content (AvgIpc) is 3.40. The van der Waals surface area contributed by atoms with E-state index in [0.717, 1.165) is 16.7 Å². The third-order valence-electron chi connectivity index (χ3n) is 9.06. The summed E-state index contributed by atoms with van der Waals surface area (Å²) < 4.78 is 13.0. The van der Waals surface area contributed by atoms with Crippen LogP contribution in [-0.2, 0) is 14.7 Å². The predicted molar refractivity (Wildman–Crippen MR) is 163 cm³/mol. The van der Waals surface area contributed by atoms with E-state index in [2.05, 4.69) is 136 Å².